The number of hydrogen-bond acceptors (Lipinski definition) is 3. The van der Waals surface area contributed by atoms with E-state index in [0.717, 1.165) is 38.0 Å². The monoisotopic (exact) mass is 288 g/mol. The highest BCUT2D eigenvalue weighted by molar-refractivity contribution is 7.81. The fourth-order valence-electron chi connectivity index (χ4n) is 1.94. The van der Waals surface area contributed by atoms with Crippen molar-refractivity contribution < 1.29 is 9.53 Å². The van der Waals surface area contributed by atoms with Gasteiger partial charge in [-0.3, -0.25) is 4.79 Å². The predicted molar refractivity (Wildman–Crippen MR) is 85.7 cm³/mol. The third kappa shape index (κ3) is 12.6. The van der Waals surface area contributed by atoms with Crippen LogP contribution in [0.4, 0.5) is 0 Å². The van der Waals surface area contributed by atoms with Crippen LogP contribution in [0.15, 0.2) is 0 Å². The van der Waals surface area contributed by atoms with E-state index in [1.54, 1.807) is 0 Å². The molecule has 0 aliphatic carbocycles. The van der Waals surface area contributed by atoms with Gasteiger partial charge in [0.1, 0.15) is 0 Å². The smallest absolute Gasteiger partial charge is 0.318 e. The first-order valence-electron chi connectivity index (χ1n) is 7.78. The molecule has 0 aromatic carbocycles. The molecule has 0 saturated heterocycles. The maximum absolute atomic E-state index is 11.7. The first-order chi connectivity index (χ1) is 8.93. The molecule has 0 N–H and O–H groups in total. The average molecular weight is 288 g/mol. The van der Waals surface area contributed by atoms with E-state index in [4.69, 9.17) is 4.74 Å². The van der Waals surface area contributed by atoms with Gasteiger partial charge < -0.3 is 4.74 Å². The van der Waals surface area contributed by atoms with Gasteiger partial charge in [0.05, 0.1) is 11.9 Å². The van der Waals surface area contributed by atoms with Crippen LogP contribution in [0.25, 0.3) is 0 Å². The summed E-state index contributed by atoms with van der Waals surface area (Å²) in [6.07, 6.45) is 7.65. The maximum Gasteiger partial charge on any atom is 0.318 e. The largest absolute Gasteiger partial charge is 0.465 e. The SMILES string of the molecule is CC(C)CCCCCOC(=O)C(S)CCCC(C)C. The van der Waals surface area contributed by atoms with Gasteiger partial charge in [-0.25, -0.2) is 0 Å². The van der Waals surface area contributed by atoms with E-state index in [-0.39, 0.29) is 11.2 Å². The summed E-state index contributed by atoms with van der Waals surface area (Å²) in [5.74, 6) is 1.32. The van der Waals surface area contributed by atoms with E-state index in [1.165, 1.54) is 12.8 Å². The lowest BCUT2D eigenvalue weighted by atomic mass is 10.1. The van der Waals surface area contributed by atoms with Crippen LogP contribution >= 0.6 is 12.6 Å². The highest BCUT2D eigenvalue weighted by Gasteiger charge is 2.14. The van der Waals surface area contributed by atoms with E-state index in [2.05, 4.69) is 40.3 Å². The number of unbranched alkanes of at least 4 members (excludes halogenated alkanes) is 2. The molecule has 19 heavy (non-hydrogen) atoms. The van der Waals surface area contributed by atoms with Gasteiger partial charge in [0, 0.05) is 0 Å². The van der Waals surface area contributed by atoms with E-state index in [9.17, 15) is 4.79 Å². The van der Waals surface area contributed by atoms with Crippen molar-refractivity contribution in [3.8, 4) is 0 Å². The average Bonchev–Trinajstić information content (AvgIpc) is 2.32. The number of carbonyl (C=O) groups is 1. The molecule has 0 bridgehead atoms. The Hall–Kier alpha value is -0.180. The zero-order valence-corrected chi connectivity index (χ0v) is 14.0. The highest BCUT2D eigenvalue weighted by atomic mass is 32.1. The van der Waals surface area contributed by atoms with Crippen LogP contribution < -0.4 is 0 Å². The van der Waals surface area contributed by atoms with Crippen LogP contribution in [0.1, 0.15) is 72.6 Å². The van der Waals surface area contributed by atoms with Crippen molar-refractivity contribution in [3.05, 3.63) is 0 Å². The van der Waals surface area contributed by atoms with Crippen LogP contribution in [0, 0.1) is 11.8 Å². The molecule has 0 aliphatic heterocycles. The Labute approximate surface area is 125 Å². The molecule has 3 heteroatoms. The summed E-state index contributed by atoms with van der Waals surface area (Å²) in [7, 11) is 0. The van der Waals surface area contributed by atoms with Crippen LogP contribution in [-0.2, 0) is 9.53 Å². The Morgan fingerprint density at radius 2 is 1.47 bits per heavy atom. The van der Waals surface area contributed by atoms with Gasteiger partial charge in [-0.1, -0.05) is 59.8 Å². The molecule has 0 rings (SSSR count). The van der Waals surface area contributed by atoms with Crippen molar-refractivity contribution >= 4 is 18.6 Å². The Morgan fingerprint density at radius 3 is 2.05 bits per heavy atom. The van der Waals surface area contributed by atoms with Crippen molar-refractivity contribution in [2.45, 2.75) is 77.9 Å². The summed E-state index contributed by atoms with van der Waals surface area (Å²) >= 11 is 4.32. The number of rotatable bonds is 11. The Morgan fingerprint density at radius 1 is 0.895 bits per heavy atom. The van der Waals surface area contributed by atoms with E-state index in [0.29, 0.717) is 12.5 Å². The molecule has 0 heterocycles. The quantitative estimate of drug-likeness (QED) is 0.333. The van der Waals surface area contributed by atoms with Gasteiger partial charge >= 0.3 is 5.97 Å². The van der Waals surface area contributed by atoms with E-state index in [1.807, 2.05) is 0 Å². The van der Waals surface area contributed by atoms with E-state index >= 15 is 0 Å². The third-order valence-corrected chi connectivity index (χ3v) is 3.67. The molecule has 0 spiro atoms. The van der Waals surface area contributed by atoms with Crippen molar-refractivity contribution in [1.29, 1.82) is 0 Å². The van der Waals surface area contributed by atoms with Crippen molar-refractivity contribution in [2.24, 2.45) is 11.8 Å². The second kappa shape index (κ2) is 11.6. The number of hydrogen-bond donors (Lipinski definition) is 1. The zero-order chi connectivity index (χ0) is 14.7. The third-order valence-electron chi connectivity index (χ3n) is 3.20. The summed E-state index contributed by atoms with van der Waals surface area (Å²) in [4.78, 5) is 11.7. The molecule has 0 radical (unpaired) electrons. The lowest BCUT2D eigenvalue weighted by Gasteiger charge is -2.11. The van der Waals surface area contributed by atoms with Gasteiger partial charge in [-0.05, 0) is 24.7 Å². The molecular formula is C16H32O2S. The lowest BCUT2D eigenvalue weighted by molar-refractivity contribution is -0.143. The minimum Gasteiger partial charge on any atom is -0.465 e. The summed E-state index contributed by atoms with van der Waals surface area (Å²) < 4.78 is 5.25. The lowest BCUT2D eigenvalue weighted by Crippen LogP contribution is -2.18. The summed E-state index contributed by atoms with van der Waals surface area (Å²) in [5, 5.41) is -0.241. The van der Waals surface area contributed by atoms with Gasteiger partial charge in [0.25, 0.3) is 0 Å². The summed E-state index contributed by atoms with van der Waals surface area (Å²) in [6.45, 7) is 9.43. The van der Waals surface area contributed by atoms with Crippen molar-refractivity contribution in [3.63, 3.8) is 0 Å². The molecule has 0 aromatic heterocycles. The molecule has 0 saturated carbocycles. The topological polar surface area (TPSA) is 26.3 Å². The molecule has 0 aromatic rings. The van der Waals surface area contributed by atoms with Gasteiger partial charge in [0.2, 0.25) is 0 Å². The first-order valence-corrected chi connectivity index (χ1v) is 8.29. The molecule has 1 unspecified atom stereocenters. The number of carbonyl (C=O) groups excluding carboxylic acids is 1. The molecular weight excluding hydrogens is 256 g/mol. The fraction of sp³-hybridized carbons (Fsp3) is 0.938. The normalized spacial score (nSPS) is 13.0. The summed E-state index contributed by atoms with van der Waals surface area (Å²) in [6, 6.07) is 0. The van der Waals surface area contributed by atoms with Crippen LogP contribution in [0.5, 0.6) is 0 Å². The Bertz CT molecular complexity index is 227. The fourth-order valence-corrected chi connectivity index (χ4v) is 2.19. The Balaban J connectivity index is 3.46. The molecule has 2 nitrogen and oxygen atoms in total. The van der Waals surface area contributed by atoms with Gasteiger partial charge in [0.15, 0.2) is 0 Å². The minimum absolute atomic E-state index is 0.143. The van der Waals surface area contributed by atoms with Crippen molar-refractivity contribution in [2.75, 3.05) is 6.61 Å². The second-order valence-corrected chi connectivity index (χ2v) is 6.87. The molecule has 0 amide bonds. The van der Waals surface area contributed by atoms with Crippen LogP contribution in [0.3, 0.4) is 0 Å². The van der Waals surface area contributed by atoms with E-state index < -0.39 is 0 Å². The maximum atomic E-state index is 11.7. The zero-order valence-electron chi connectivity index (χ0n) is 13.2. The summed E-state index contributed by atoms with van der Waals surface area (Å²) in [5.41, 5.74) is 0. The number of thiol groups is 1. The number of ether oxygens (including phenoxy) is 1. The molecule has 114 valence electrons. The molecule has 0 aliphatic rings. The minimum atomic E-state index is -0.241. The highest BCUT2D eigenvalue weighted by Crippen LogP contribution is 2.13. The molecule has 0 fully saturated rings. The standard InChI is InChI=1S/C16H32O2S/c1-13(2)9-6-5-7-12-18-16(17)15(19)11-8-10-14(3)4/h13-15,19H,5-12H2,1-4H3. The van der Waals surface area contributed by atoms with Gasteiger partial charge in [-0.15, -0.1) is 0 Å². The predicted octanol–water partition coefficient (Wildman–Crippen LogP) is 4.87. The first kappa shape index (κ1) is 18.8. The van der Waals surface area contributed by atoms with Gasteiger partial charge in [-0.2, -0.15) is 12.6 Å². The van der Waals surface area contributed by atoms with Crippen molar-refractivity contribution in [1.82, 2.24) is 0 Å². The number of esters is 1. The molecule has 1 atom stereocenters. The Kier molecular flexibility index (Phi) is 11.5. The van der Waals surface area contributed by atoms with Crippen LogP contribution in [0.2, 0.25) is 0 Å². The van der Waals surface area contributed by atoms with Crippen LogP contribution in [-0.4, -0.2) is 17.8 Å². The second-order valence-electron chi connectivity index (χ2n) is 6.25.